The molecule has 1 aliphatic rings. The van der Waals surface area contributed by atoms with Gasteiger partial charge in [-0.15, -0.1) is 0 Å². The zero-order valence-corrected chi connectivity index (χ0v) is 10.8. The molecular formula is C14H17N5. The summed E-state index contributed by atoms with van der Waals surface area (Å²) in [5.41, 5.74) is 2.06. The van der Waals surface area contributed by atoms with E-state index in [1.807, 2.05) is 6.20 Å². The Bertz CT molecular complexity index is 597. The molecule has 2 heterocycles. The molecule has 19 heavy (non-hydrogen) atoms. The summed E-state index contributed by atoms with van der Waals surface area (Å²) in [7, 11) is 0. The van der Waals surface area contributed by atoms with Crippen LogP contribution in [-0.4, -0.2) is 27.5 Å². The van der Waals surface area contributed by atoms with Crippen LogP contribution >= 0.6 is 0 Å². The van der Waals surface area contributed by atoms with E-state index >= 15 is 0 Å². The number of nitrogens with one attached hydrogen (secondary N) is 2. The number of rotatable bonds is 3. The van der Waals surface area contributed by atoms with E-state index in [4.69, 9.17) is 5.26 Å². The molecule has 0 saturated heterocycles. The van der Waals surface area contributed by atoms with Gasteiger partial charge in [-0.3, -0.25) is 0 Å². The molecule has 0 amide bonds. The average molecular weight is 255 g/mol. The molecule has 1 saturated carbocycles. The second kappa shape index (κ2) is 5.37. The lowest BCUT2D eigenvalue weighted by Crippen LogP contribution is -2.34. The molecule has 0 radical (unpaired) electrons. The summed E-state index contributed by atoms with van der Waals surface area (Å²) >= 11 is 0. The van der Waals surface area contributed by atoms with Gasteiger partial charge in [0.1, 0.15) is 12.0 Å². The Morgan fingerprint density at radius 2 is 2.37 bits per heavy atom. The van der Waals surface area contributed by atoms with Crippen LogP contribution in [0, 0.1) is 11.3 Å². The Kier molecular flexibility index (Phi) is 3.43. The van der Waals surface area contributed by atoms with E-state index in [0.29, 0.717) is 18.5 Å². The minimum Gasteiger partial charge on any atom is -0.346 e. The second-order valence-electron chi connectivity index (χ2n) is 5.10. The quantitative estimate of drug-likeness (QED) is 0.823. The van der Waals surface area contributed by atoms with Crippen molar-refractivity contribution in [3.63, 3.8) is 0 Å². The first-order valence-corrected chi connectivity index (χ1v) is 6.77. The number of nitrogens with zero attached hydrogens (tertiary/aromatic N) is 3. The van der Waals surface area contributed by atoms with Gasteiger partial charge in [-0.05, 0) is 25.3 Å². The third-order valence-corrected chi connectivity index (χ3v) is 3.92. The predicted octanol–water partition coefficient (Wildman–Crippen LogP) is 2.10. The van der Waals surface area contributed by atoms with Crippen LogP contribution < -0.4 is 5.32 Å². The Labute approximate surface area is 112 Å². The Balaban J connectivity index is 1.81. The van der Waals surface area contributed by atoms with Crippen LogP contribution in [0.4, 0.5) is 0 Å². The lowest BCUT2D eigenvalue weighted by atomic mass is 9.83. The topological polar surface area (TPSA) is 77.4 Å². The summed E-state index contributed by atoms with van der Waals surface area (Å²) in [4.78, 5) is 11.9. The molecule has 3 rings (SSSR count). The summed E-state index contributed by atoms with van der Waals surface area (Å²) in [5.74, 6) is 0.464. The highest BCUT2D eigenvalue weighted by Crippen LogP contribution is 2.34. The maximum absolute atomic E-state index is 8.66. The number of H-pyrrole nitrogens is 1. The molecule has 5 nitrogen and oxygen atoms in total. The minimum absolute atomic E-state index is 0.431. The van der Waals surface area contributed by atoms with E-state index in [2.05, 4.69) is 32.4 Å². The Morgan fingerprint density at radius 3 is 3.26 bits per heavy atom. The van der Waals surface area contributed by atoms with Gasteiger partial charge >= 0.3 is 0 Å². The lowest BCUT2D eigenvalue weighted by Gasteiger charge is -2.29. The van der Waals surface area contributed by atoms with E-state index in [-0.39, 0.29) is 0 Å². The number of aromatic amines is 1. The van der Waals surface area contributed by atoms with Gasteiger partial charge in [-0.25, -0.2) is 9.97 Å². The molecule has 2 aromatic rings. The fourth-order valence-corrected chi connectivity index (χ4v) is 3.03. The minimum atomic E-state index is 0.431. The van der Waals surface area contributed by atoms with Gasteiger partial charge in [-0.2, -0.15) is 5.26 Å². The maximum Gasteiger partial charge on any atom is 0.140 e. The van der Waals surface area contributed by atoms with Gasteiger partial charge in [0.25, 0.3) is 0 Å². The second-order valence-corrected chi connectivity index (χ2v) is 5.10. The number of hydrogen-bond acceptors (Lipinski definition) is 4. The molecule has 0 aromatic carbocycles. The van der Waals surface area contributed by atoms with Crippen molar-refractivity contribution in [2.75, 3.05) is 6.54 Å². The molecule has 2 aromatic heterocycles. The zero-order chi connectivity index (χ0) is 13.1. The largest absolute Gasteiger partial charge is 0.346 e. The molecule has 98 valence electrons. The molecule has 2 unspecified atom stereocenters. The fourth-order valence-electron chi connectivity index (χ4n) is 3.03. The predicted molar refractivity (Wildman–Crippen MR) is 72.5 cm³/mol. The average Bonchev–Trinajstić information content (AvgIpc) is 2.93. The lowest BCUT2D eigenvalue weighted by molar-refractivity contribution is 0.346. The van der Waals surface area contributed by atoms with Crippen LogP contribution in [-0.2, 0) is 0 Å². The number of hydrogen-bond donors (Lipinski definition) is 2. The third-order valence-electron chi connectivity index (χ3n) is 3.92. The van der Waals surface area contributed by atoms with Crippen LogP contribution in [0.2, 0.25) is 0 Å². The van der Waals surface area contributed by atoms with Gasteiger partial charge in [0, 0.05) is 23.5 Å². The normalized spacial score (nSPS) is 23.3. The van der Waals surface area contributed by atoms with Crippen LogP contribution in [0.25, 0.3) is 11.0 Å². The SMILES string of the molecule is N#CCNC1CCCC(c2ncnc3[nH]ccc23)C1. The van der Waals surface area contributed by atoms with E-state index in [0.717, 1.165) is 29.6 Å². The molecule has 0 bridgehead atoms. The fraction of sp³-hybridized carbons (Fsp3) is 0.500. The zero-order valence-electron chi connectivity index (χ0n) is 10.8. The van der Waals surface area contributed by atoms with Gasteiger partial charge in [0.15, 0.2) is 0 Å². The van der Waals surface area contributed by atoms with Crippen molar-refractivity contribution in [1.29, 1.82) is 5.26 Å². The van der Waals surface area contributed by atoms with Gasteiger partial charge < -0.3 is 10.3 Å². The molecule has 2 atom stereocenters. The highest BCUT2D eigenvalue weighted by atomic mass is 14.9. The number of aromatic nitrogens is 3. The highest BCUT2D eigenvalue weighted by molar-refractivity contribution is 5.78. The number of nitriles is 1. The molecule has 1 fully saturated rings. The third kappa shape index (κ3) is 2.45. The first-order valence-electron chi connectivity index (χ1n) is 6.77. The van der Waals surface area contributed by atoms with Crippen LogP contribution in [0.1, 0.15) is 37.3 Å². The Morgan fingerprint density at radius 1 is 1.42 bits per heavy atom. The van der Waals surface area contributed by atoms with Crippen molar-refractivity contribution in [2.45, 2.75) is 37.6 Å². The van der Waals surface area contributed by atoms with E-state index < -0.39 is 0 Å². The molecule has 5 heteroatoms. The molecular weight excluding hydrogens is 238 g/mol. The molecule has 1 aliphatic carbocycles. The van der Waals surface area contributed by atoms with Crippen molar-refractivity contribution < 1.29 is 0 Å². The van der Waals surface area contributed by atoms with Crippen molar-refractivity contribution in [1.82, 2.24) is 20.3 Å². The summed E-state index contributed by atoms with van der Waals surface area (Å²) in [6.07, 6.45) is 8.11. The first kappa shape index (κ1) is 12.1. The van der Waals surface area contributed by atoms with Gasteiger partial charge in [-0.1, -0.05) is 6.42 Å². The monoisotopic (exact) mass is 255 g/mol. The van der Waals surface area contributed by atoms with Crippen LogP contribution in [0.3, 0.4) is 0 Å². The van der Waals surface area contributed by atoms with Gasteiger partial charge in [0.2, 0.25) is 0 Å². The van der Waals surface area contributed by atoms with Crippen LogP contribution in [0.15, 0.2) is 18.6 Å². The summed E-state index contributed by atoms with van der Waals surface area (Å²) in [6, 6.07) is 4.64. The summed E-state index contributed by atoms with van der Waals surface area (Å²) < 4.78 is 0. The van der Waals surface area contributed by atoms with Crippen molar-refractivity contribution in [3.05, 3.63) is 24.3 Å². The van der Waals surface area contributed by atoms with Crippen LogP contribution in [0.5, 0.6) is 0 Å². The van der Waals surface area contributed by atoms with Crippen molar-refractivity contribution in [2.24, 2.45) is 0 Å². The molecule has 0 aliphatic heterocycles. The molecule has 0 spiro atoms. The Hall–Kier alpha value is -1.93. The number of fused-ring (bicyclic) bond motifs is 1. The van der Waals surface area contributed by atoms with E-state index in [1.54, 1.807) is 6.33 Å². The smallest absolute Gasteiger partial charge is 0.140 e. The van der Waals surface area contributed by atoms with E-state index in [9.17, 15) is 0 Å². The van der Waals surface area contributed by atoms with Crippen molar-refractivity contribution in [3.8, 4) is 6.07 Å². The first-order chi connectivity index (χ1) is 9.38. The standard InChI is InChI=1S/C14H17N5/c15-5-7-16-11-3-1-2-10(8-11)13-12-4-6-17-14(12)19-9-18-13/h4,6,9-11,16H,1-3,7-8H2,(H,17,18,19). The summed E-state index contributed by atoms with van der Waals surface area (Å²) in [6.45, 7) is 0.431. The molecule has 2 N–H and O–H groups in total. The van der Waals surface area contributed by atoms with Gasteiger partial charge in [0.05, 0.1) is 18.3 Å². The summed E-state index contributed by atoms with van der Waals surface area (Å²) in [5, 5.41) is 13.1. The van der Waals surface area contributed by atoms with E-state index in [1.165, 1.54) is 12.8 Å². The highest BCUT2D eigenvalue weighted by Gasteiger charge is 2.25. The van der Waals surface area contributed by atoms with Crippen molar-refractivity contribution >= 4 is 11.0 Å². The maximum atomic E-state index is 8.66.